The van der Waals surface area contributed by atoms with E-state index in [1.807, 2.05) is 19.1 Å². The van der Waals surface area contributed by atoms with E-state index in [1.165, 1.54) is 0 Å². The first-order valence-corrected chi connectivity index (χ1v) is 4.63. The summed E-state index contributed by atoms with van der Waals surface area (Å²) in [6.45, 7) is 3.13. The van der Waals surface area contributed by atoms with Crippen molar-refractivity contribution in [3.63, 3.8) is 0 Å². The SMILES string of the molecule is CCNCC(=O)N(C)c1cccnc1. The van der Waals surface area contributed by atoms with Crippen molar-refractivity contribution >= 4 is 11.6 Å². The van der Waals surface area contributed by atoms with E-state index in [2.05, 4.69) is 10.3 Å². The number of likely N-dealkylation sites (N-methyl/N-ethyl adjacent to an activating group) is 2. The van der Waals surface area contributed by atoms with E-state index in [4.69, 9.17) is 0 Å². The van der Waals surface area contributed by atoms with Gasteiger partial charge in [-0.2, -0.15) is 0 Å². The largest absolute Gasteiger partial charge is 0.313 e. The quantitative estimate of drug-likeness (QED) is 0.763. The molecule has 0 fully saturated rings. The van der Waals surface area contributed by atoms with Crippen molar-refractivity contribution in [2.75, 3.05) is 25.0 Å². The number of pyridine rings is 1. The van der Waals surface area contributed by atoms with Crippen molar-refractivity contribution in [3.05, 3.63) is 24.5 Å². The summed E-state index contributed by atoms with van der Waals surface area (Å²) in [6, 6.07) is 3.67. The summed E-state index contributed by atoms with van der Waals surface area (Å²) in [4.78, 5) is 17.1. The van der Waals surface area contributed by atoms with Crippen molar-refractivity contribution in [2.24, 2.45) is 0 Å². The van der Waals surface area contributed by atoms with Gasteiger partial charge in [0, 0.05) is 13.2 Å². The summed E-state index contributed by atoms with van der Waals surface area (Å²) < 4.78 is 0. The van der Waals surface area contributed by atoms with Crippen molar-refractivity contribution < 1.29 is 4.79 Å². The number of rotatable bonds is 4. The van der Waals surface area contributed by atoms with Gasteiger partial charge in [0.15, 0.2) is 0 Å². The lowest BCUT2D eigenvalue weighted by atomic mass is 10.3. The molecule has 14 heavy (non-hydrogen) atoms. The van der Waals surface area contributed by atoms with E-state index < -0.39 is 0 Å². The summed E-state index contributed by atoms with van der Waals surface area (Å²) in [6.07, 6.45) is 3.36. The number of anilines is 1. The van der Waals surface area contributed by atoms with Crippen LogP contribution in [0.2, 0.25) is 0 Å². The van der Waals surface area contributed by atoms with Crippen molar-refractivity contribution in [1.29, 1.82) is 0 Å². The smallest absolute Gasteiger partial charge is 0.240 e. The minimum absolute atomic E-state index is 0.0415. The Bertz CT molecular complexity index is 287. The third-order valence-electron chi connectivity index (χ3n) is 1.93. The van der Waals surface area contributed by atoms with Crippen molar-refractivity contribution in [2.45, 2.75) is 6.92 Å². The average molecular weight is 193 g/mol. The van der Waals surface area contributed by atoms with Gasteiger partial charge >= 0.3 is 0 Å². The Morgan fingerprint density at radius 3 is 3.00 bits per heavy atom. The first-order chi connectivity index (χ1) is 6.75. The Morgan fingerprint density at radius 2 is 2.43 bits per heavy atom. The highest BCUT2D eigenvalue weighted by atomic mass is 16.2. The summed E-state index contributed by atoms with van der Waals surface area (Å²) in [5.74, 6) is 0.0415. The molecule has 0 unspecified atom stereocenters. The predicted octanol–water partition coefficient (Wildman–Crippen LogP) is 0.654. The Labute approximate surface area is 83.9 Å². The minimum Gasteiger partial charge on any atom is -0.313 e. The third kappa shape index (κ3) is 2.81. The van der Waals surface area contributed by atoms with Gasteiger partial charge in [0.2, 0.25) is 5.91 Å². The van der Waals surface area contributed by atoms with Crippen LogP contribution in [-0.4, -0.2) is 31.0 Å². The molecule has 0 atom stereocenters. The number of hydrogen-bond donors (Lipinski definition) is 1. The second-order valence-electron chi connectivity index (χ2n) is 2.94. The normalized spacial score (nSPS) is 9.86. The van der Waals surface area contributed by atoms with Crippen LogP contribution in [0.3, 0.4) is 0 Å². The van der Waals surface area contributed by atoms with Gasteiger partial charge in [0.1, 0.15) is 0 Å². The van der Waals surface area contributed by atoms with Crippen LogP contribution in [0.1, 0.15) is 6.92 Å². The van der Waals surface area contributed by atoms with Crippen LogP contribution in [-0.2, 0) is 4.79 Å². The molecule has 0 aliphatic carbocycles. The second-order valence-corrected chi connectivity index (χ2v) is 2.94. The summed E-state index contributed by atoms with van der Waals surface area (Å²) in [7, 11) is 1.75. The first-order valence-electron chi connectivity index (χ1n) is 4.63. The lowest BCUT2D eigenvalue weighted by Crippen LogP contribution is -2.35. The van der Waals surface area contributed by atoms with Gasteiger partial charge in [0.25, 0.3) is 0 Å². The van der Waals surface area contributed by atoms with Gasteiger partial charge < -0.3 is 10.2 Å². The molecule has 0 bridgehead atoms. The zero-order valence-electron chi connectivity index (χ0n) is 8.53. The molecule has 0 spiro atoms. The fraction of sp³-hybridized carbons (Fsp3) is 0.400. The molecule has 0 aromatic carbocycles. The summed E-state index contributed by atoms with van der Waals surface area (Å²) in [5.41, 5.74) is 0.815. The Balaban J connectivity index is 2.57. The second kappa shape index (κ2) is 5.34. The fourth-order valence-corrected chi connectivity index (χ4v) is 1.05. The van der Waals surface area contributed by atoms with E-state index >= 15 is 0 Å². The van der Waals surface area contributed by atoms with E-state index in [9.17, 15) is 4.79 Å². The lowest BCUT2D eigenvalue weighted by molar-refractivity contribution is -0.117. The van der Waals surface area contributed by atoms with E-state index in [0.29, 0.717) is 6.54 Å². The van der Waals surface area contributed by atoms with Crippen LogP contribution < -0.4 is 10.2 Å². The third-order valence-corrected chi connectivity index (χ3v) is 1.93. The highest BCUT2D eigenvalue weighted by molar-refractivity contribution is 5.94. The molecule has 1 N–H and O–H groups in total. The molecule has 0 aliphatic rings. The van der Waals surface area contributed by atoms with E-state index in [0.717, 1.165) is 12.2 Å². The molecule has 0 aliphatic heterocycles. The van der Waals surface area contributed by atoms with Crippen molar-refractivity contribution in [1.82, 2.24) is 10.3 Å². The number of hydrogen-bond acceptors (Lipinski definition) is 3. The number of aromatic nitrogens is 1. The molecule has 0 saturated carbocycles. The molecule has 1 rings (SSSR count). The standard InChI is InChI=1S/C10H15N3O/c1-3-11-8-10(14)13(2)9-5-4-6-12-7-9/h4-7,11H,3,8H2,1-2H3. The van der Waals surface area contributed by atoms with Gasteiger partial charge in [-0.1, -0.05) is 6.92 Å². The maximum atomic E-state index is 11.5. The topological polar surface area (TPSA) is 45.2 Å². The van der Waals surface area contributed by atoms with Gasteiger partial charge in [-0.05, 0) is 18.7 Å². The highest BCUT2D eigenvalue weighted by Crippen LogP contribution is 2.08. The molecule has 1 heterocycles. The number of carbonyl (C=O) groups is 1. The Hall–Kier alpha value is -1.42. The minimum atomic E-state index is 0.0415. The maximum absolute atomic E-state index is 11.5. The monoisotopic (exact) mass is 193 g/mol. The Kier molecular flexibility index (Phi) is 4.07. The Morgan fingerprint density at radius 1 is 1.64 bits per heavy atom. The van der Waals surface area contributed by atoms with Gasteiger partial charge in [-0.15, -0.1) is 0 Å². The summed E-state index contributed by atoms with van der Waals surface area (Å²) >= 11 is 0. The molecule has 76 valence electrons. The predicted molar refractivity (Wildman–Crippen MR) is 56.2 cm³/mol. The van der Waals surface area contributed by atoms with Crippen LogP contribution in [0.25, 0.3) is 0 Å². The number of carbonyl (C=O) groups excluding carboxylic acids is 1. The van der Waals surface area contributed by atoms with Crippen LogP contribution in [0.15, 0.2) is 24.5 Å². The molecular formula is C10H15N3O. The van der Waals surface area contributed by atoms with Crippen molar-refractivity contribution in [3.8, 4) is 0 Å². The molecule has 0 saturated heterocycles. The molecule has 1 amide bonds. The zero-order valence-corrected chi connectivity index (χ0v) is 8.53. The lowest BCUT2D eigenvalue weighted by Gasteiger charge is -2.16. The van der Waals surface area contributed by atoms with Gasteiger partial charge in [-0.25, -0.2) is 0 Å². The van der Waals surface area contributed by atoms with Crippen LogP contribution in [0.4, 0.5) is 5.69 Å². The fourth-order valence-electron chi connectivity index (χ4n) is 1.05. The number of nitrogens with zero attached hydrogens (tertiary/aromatic N) is 2. The van der Waals surface area contributed by atoms with Gasteiger partial charge in [-0.3, -0.25) is 9.78 Å². The van der Waals surface area contributed by atoms with Crippen LogP contribution in [0.5, 0.6) is 0 Å². The molecule has 4 nitrogen and oxygen atoms in total. The van der Waals surface area contributed by atoms with E-state index in [-0.39, 0.29) is 5.91 Å². The zero-order chi connectivity index (χ0) is 10.4. The highest BCUT2D eigenvalue weighted by Gasteiger charge is 2.08. The molecule has 1 aromatic rings. The number of amides is 1. The van der Waals surface area contributed by atoms with Gasteiger partial charge in [0.05, 0.1) is 18.4 Å². The molecule has 1 aromatic heterocycles. The maximum Gasteiger partial charge on any atom is 0.240 e. The van der Waals surface area contributed by atoms with Crippen LogP contribution >= 0.6 is 0 Å². The number of nitrogens with one attached hydrogen (secondary N) is 1. The summed E-state index contributed by atoms with van der Waals surface area (Å²) in [5, 5.41) is 2.99. The average Bonchev–Trinajstić information content (AvgIpc) is 2.26. The molecule has 0 radical (unpaired) electrons. The molecule has 4 heteroatoms. The molecular weight excluding hydrogens is 178 g/mol. The first kappa shape index (κ1) is 10.7. The van der Waals surface area contributed by atoms with Crippen LogP contribution in [0, 0.1) is 0 Å². The van der Waals surface area contributed by atoms with E-state index in [1.54, 1.807) is 24.3 Å².